The van der Waals surface area contributed by atoms with Crippen molar-refractivity contribution < 1.29 is 34.1 Å². The van der Waals surface area contributed by atoms with Crippen LogP contribution in [0, 0.1) is 0 Å². The van der Waals surface area contributed by atoms with Gasteiger partial charge in [-0.1, -0.05) is 42.5 Å². The number of benzene rings is 2. The van der Waals surface area contributed by atoms with Crippen LogP contribution in [-0.4, -0.2) is 54.0 Å². The van der Waals surface area contributed by atoms with E-state index in [1.807, 2.05) is 6.07 Å². The van der Waals surface area contributed by atoms with Crippen LogP contribution in [0.15, 0.2) is 54.6 Å². The van der Waals surface area contributed by atoms with Crippen LogP contribution < -0.4 is 10.6 Å². The molecule has 0 saturated heterocycles. The first kappa shape index (κ1) is 22.7. The summed E-state index contributed by atoms with van der Waals surface area (Å²) in [5.41, 5.74) is 1.43. The van der Waals surface area contributed by atoms with E-state index in [9.17, 15) is 24.6 Å². The number of aliphatic hydroxyl groups is 1. The maximum absolute atomic E-state index is 12.5. The van der Waals surface area contributed by atoms with Gasteiger partial charge in [0.2, 0.25) is 5.91 Å². The third-order valence-electron chi connectivity index (χ3n) is 4.18. The fourth-order valence-electron chi connectivity index (χ4n) is 2.58. The minimum absolute atomic E-state index is 0.00191. The number of amides is 2. The lowest BCUT2D eigenvalue weighted by molar-refractivity contribution is -0.145. The van der Waals surface area contributed by atoms with Gasteiger partial charge in [0.25, 0.3) is 0 Å². The molecule has 2 amide bonds. The highest BCUT2D eigenvalue weighted by Gasteiger charge is 2.27. The van der Waals surface area contributed by atoms with E-state index in [-0.39, 0.29) is 18.8 Å². The van der Waals surface area contributed by atoms with Crippen molar-refractivity contribution in [1.29, 1.82) is 0 Å². The van der Waals surface area contributed by atoms with E-state index in [2.05, 4.69) is 10.6 Å². The van der Waals surface area contributed by atoms with Crippen LogP contribution in [0.4, 0.5) is 4.79 Å². The van der Waals surface area contributed by atoms with Gasteiger partial charge in [-0.3, -0.25) is 4.79 Å². The van der Waals surface area contributed by atoms with Crippen LogP contribution in [0.5, 0.6) is 5.75 Å². The lowest BCUT2D eigenvalue weighted by atomic mass is 10.1. The van der Waals surface area contributed by atoms with Crippen molar-refractivity contribution in [2.45, 2.75) is 25.1 Å². The van der Waals surface area contributed by atoms with Gasteiger partial charge in [0, 0.05) is 6.42 Å². The highest BCUT2D eigenvalue weighted by Crippen LogP contribution is 2.12. The van der Waals surface area contributed by atoms with Crippen molar-refractivity contribution in [1.82, 2.24) is 10.6 Å². The van der Waals surface area contributed by atoms with E-state index in [0.717, 1.165) is 5.56 Å². The number of ether oxygens (including phenoxy) is 2. The van der Waals surface area contributed by atoms with Gasteiger partial charge in [-0.2, -0.15) is 0 Å². The summed E-state index contributed by atoms with van der Waals surface area (Å²) >= 11 is 0. The van der Waals surface area contributed by atoms with Crippen molar-refractivity contribution in [3.8, 4) is 5.75 Å². The van der Waals surface area contributed by atoms with Crippen molar-refractivity contribution >= 4 is 18.0 Å². The topological polar surface area (TPSA) is 134 Å². The number of hydrogen-bond donors (Lipinski definition) is 4. The first-order chi connectivity index (χ1) is 14.4. The van der Waals surface area contributed by atoms with E-state index < -0.39 is 36.7 Å². The number of phenols is 1. The molecule has 0 spiro atoms. The van der Waals surface area contributed by atoms with E-state index >= 15 is 0 Å². The molecule has 0 aliphatic rings. The minimum Gasteiger partial charge on any atom is -0.508 e. The number of carbonyl (C=O) groups excluding carboxylic acids is 3. The number of aliphatic hydroxyl groups excluding tert-OH is 1. The summed E-state index contributed by atoms with van der Waals surface area (Å²) in [5.74, 6) is -1.40. The first-order valence-electron chi connectivity index (χ1n) is 9.17. The predicted molar refractivity (Wildman–Crippen MR) is 106 cm³/mol. The number of nitrogens with one attached hydrogen (secondary N) is 2. The average Bonchev–Trinajstić information content (AvgIpc) is 2.77. The number of phenolic OH excluding ortho intramolecular Hbond substituents is 1. The van der Waals surface area contributed by atoms with Crippen LogP contribution in [-0.2, 0) is 32.1 Å². The summed E-state index contributed by atoms with van der Waals surface area (Å²) in [6.45, 7) is -0.697. The molecule has 0 aliphatic carbocycles. The zero-order valence-electron chi connectivity index (χ0n) is 16.4. The molecular weight excluding hydrogens is 392 g/mol. The highest BCUT2D eigenvalue weighted by atomic mass is 16.5. The Morgan fingerprint density at radius 1 is 0.933 bits per heavy atom. The Labute approximate surface area is 173 Å². The fourth-order valence-corrected chi connectivity index (χ4v) is 2.58. The average molecular weight is 416 g/mol. The standard InChI is InChI=1S/C21H24N2O7/c1-29-20(27)17(11-14-7-9-16(25)10-8-14)22-19(26)18(12-24)23-21(28)30-13-15-5-3-2-4-6-15/h2-10,17-18,24-25H,11-13H2,1H3,(H,22,26)(H,23,28)/t17-,18-/m1/s1. The molecule has 0 aromatic heterocycles. The molecular formula is C21H24N2O7. The van der Waals surface area contributed by atoms with E-state index in [1.165, 1.54) is 19.2 Å². The Bertz CT molecular complexity index is 840. The fraction of sp³-hybridized carbons (Fsp3) is 0.286. The van der Waals surface area contributed by atoms with E-state index in [4.69, 9.17) is 9.47 Å². The van der Waals surface area contributed by atoms with Gasteiger partial charge in [-0.15, -0.1) is 0 Å². The van der Waals surface area contributed by atoms with Gasteiger partial charge in [0.15, 0.2) is 0 Å². The van der Waals surface area contributed by atoms with Gasteiger partial charge in [-0.25, -0.2) is 9.59 Å². The van der Waals surface area contributed by atoms with Crippen molar-refractivity contribution in [3.63, 3.8) is 0 Å². The first-order valence-corrected chi connectivity index (χ1v) is 9.17. The lowest BCUT2D eigenvalue weighted by Crippen LogP contribution is -2.54. The SMILES string of the molecule is COC(=O)[C@@H](Cc1ccc(O)cc1)NC(=O)[C@@H](CO)NC(=O)OCc1ccccc1. The largest absolute Gasteiger partial charge is 0.508 e. The van der Waals surface area contributed by atoms with Crippen LogP contribution in [0.1, 0.15) is 11.1 Å². The third-order valence-corrected chi connectivity index (χ3v) is 4.18. The Kier molecular flexibility index (Phi) is 8.64. The number of esters is 1. The van der Waals surface area contributed by atoms with E-state index in [0.29, 0.717) is 5.56 Å². The molecule has 9 heteroatoms. The number of methoxy groups -OCH3 is 1. The number of rotatable bonds is 9. The summed E-state index contributed by atoms with van der Waals surface area (Å²) in [7, 11) is 1.18. The van der Waals surface area contributed by atoms with Gasteiger partial charge < -0.3 is 30.3 Å². The maximum atomic E-state index is 12.5. The van der Waals surface area contributed by atoms with Gasteiger partial charge >= 0.3 is 12.1 Å². The molecule has 0 aliphatic heterocycles. The smallest absolute Gasteiger partial charge is 0.408 e. The predicted octanol–water partition coefficient (Wildman–Crippen LogP) is 0.880. The second-order valence-corrected chi connectivity index (χ2v) is 6.40. The molecule has 30 heavy (non-hydrogen) atoms. The Morgan fingerprint density at radius 2 is 1.60 bits per heavy atom. The summed E-state index contributed by atoms with van der Waals surface area (Å²) in [5, 5.41) is 23.6. The molecule has 9 nitrogen and oxygen atoms in total. The van der Waals surface area contributed by atoms with Crippen molar-refractivity contribution in [2.24, 2.45) is 0 Å². The monoisotopic (exact) mass is 416 g/mol. The summed E-state index contributed by atoms with van der Waals surface area (Å²) in [6.07, 6.45) is -0.795. The number of hydrogen-bond acceptors (Lipinski definition) is 7. The molecule has 160 valence electrons. The summed E-state index contributed by atoms with van der Waals surface area (Å²) < 4.78 is 9.75. The Balaban J connectivity index is 1.94. The third kappa shape index (κ3) is 7.10. The Morgan fingerprint density at radius 3 is 2.20 bits per heavy atom. The zero-order valence-corrected chi connectivity index (χ0v) is 16.4. The van der Waals surface area contributed by atoms with Crippen LogP contribution >= 0.6 is 0 Å². The van der Waals surface area contributed by atoms with Crippen LogP contribution in [0.3, 0.4) is 0 Å². The number of alkyl carbamates (subject to hydrolysis) is 1. The quantitative estimate of drug-likeness (QED) is 0.446. The molecule has 0 radical (unpaired) electrons. The molecule has 2 rings (SSSR count). The van der Waals surface area contributed by atoms with Crippen LogP contribution in [0.25, 0.3) is 0 Å². The lowest BCUT2D eigenvalue weighted by Gasteiger charge is -2.21. The highest BCUT2D eigenvalue weighted by molar-refractivity contribution is 5.89. The number of carbonyl (C=O) groups is 3. The molecule has 2 atom stereocenters. The molecule has 0 bridgehead atoms. The molecule has 4 N–H and O–H groups in total. The molecule has 0 fully saturated rings. The summed E-state index contributed by atoms with van der Waals surface area (Å²) in [6, 6.07) is 12.7. The number of aromatic hydroxyl groups is 1. The van der Waals surface area contributed by atoms with Crippen LogP contribution in [0.2, 0.25) is 0 Å². The second kappa shape index (κ2) is 11.4. The zero-order chi connectivity index (χ0) is 21.9. The van der Waals surface area contributed by atoms with Crippen molar-refractivity contribution in [2.75, 3.05) is 13.7 Å². The van der Waals surface area contributed by atoms with E-state index in [1.54, 1.807) is 36.4 Å². The molecule has 2 aromatic rings. The summed E-state index contributed by atoms with van der Waals surface area (Å²) in [4.78, 5) is 36.5. The molecule has 0 unspecified atom stereocenters. The van der Waals surface area contributed by atoms with Crippen molar-refractivity contribution in [3.05, 3.63) is 65.7 Å². The minimum atomic E-state index is -1.32. The molecule has 2 aromatic carbocycles. The molecule has 0 heterocycles. The second-order valence-electron chi connectivity index (χ2n) is 6.40. The normalized spacial score (nSPS) is 12.3. The Hall–Kier alpha value is -3.59. The van der Waals surface area contributed by atoms with Gasteiger partial charge in [-0.05, 0) is 23.3 Å². The molecule has 0 saturated carbocycles. The van der Waals surface area contributed by atoms with Gasteiger partial charge in [0.1, 0.15) is 24.4 Å². The maximum Gasteiger partial charge on any atom is 0.408 e. The van der Waals surface area contributed by atoms with Gasteiger partial charge in [0.05, 0.1) is 13.7 Å².